The Bertz CT molecular complexity index is 1140. The average molecular weight is 490 g/mol. The maximum atomic E-state index is 13.3. The molecule has 0 spiro atoms. The maximum Gasteiger partial charge on any atom is 0.433 e. The third kappa shape index (κ3) is 6.18. The van der Waals surface area contributed by atoms with Gasteiger partial charge in [0.2, 0.25) is 0 Å². The van der Waals surface area contributed by atoms with Gasteiger partial charge in [0.1, 0.15) is 17.0 Å². The van der Waals surface area contributed by atoms with Crippen LogP contribution in [0.3, 0.4) is 0 Å². The van der Waals surface area contributed by atoms with Crippen LogP contribution in [0, 0.1) is 5.92 Å². The normalized spacial score (nSPS) is 16.1. The predicted octanol–water partition coefficient (Wildman–Crippen LogP) is 4.14. The van der Waals surface area contributed by atoms with E-state index in [2.05, 4.69) is 20.2 Å². The number of nitrogens with one attached hydrogen (secondary N) is 1. The van der Waals surface area contributed by atoms with Crippen LogP contribution < -0.4 is 5.32 Å². The summed E-state index contributed by atoms with van der Waals surface area (Å²) >= 11 is 0. The van der Waals surface area contributed by atoms with E-state index in [0.29, 0.717) is 43.1 Å². The number of nitrogens with zero attached hydrogens (tertiary/aromatic N) is 4. The Morgan fingerprint density at radius 3 is 2.54 bits per heavy atom. The third-order valence-corrected chi connectivity index (χ3v) is 6.14. The molecule has 1 unspecified atom stereocenters. The van der Waals surface area contributed by atoms with Gasteiger partial charge in [-0.1, -0.05) is 26.0 Å². The van der Waals surface area contributed by atoms with Crippen LogP contribution in [0.1, 0.15) is 53.6 Å². The molecule has 1 fully saturated rings. The quantitative estimate of drug-likeness (QED) is 0.515. The fourth-order valence-electron chi connectivity index (χ4n) is 4.40. The number of hydrogen-bond donors (Lipinski definition) is 1. The van der Waals surface area contributed by atoms with Crippen molar-refractivity contribution < 1.29 is 22.7 Å². The molecule has 4 rings (SSSR count). The summed E-state index contributed by atoms with van der Waals surface area (Å²) in [4.78, 5) is 23.6. The van der Waals surface area contributed by atoms with Gasteiger partial charge in [-0.3, -0.25) is 19.1 Å². The summed E-state index contributed by atoms with van der Waals surface area (Å²) in [6.45, 7) is 8.02. The highest BCUT2D eigenvalue weighted by atomic mass is 19.4. The van der Waals surface area contributed by atoms with Crippen LogP contribution in [0.25, 0.3) is 5.65 Å². The fourth-order valence-corrected chi connectivity index (χ4v) is 4.40. The molecule has 1 aliphatic rings. The summed E-state index contributed by atoms with van der Waals surface area (Å²) < 4.78 is 46.0. The molecule has 3 aromatic rings. The van der Waals surface area contributed by atoms with Crippen LogP contribution in [0.5, 0.6) is 0 Å². The zero-order valence-corrected chi connectivity index (χ0v) is 19.9. The zero-order valence-electron chi connectivity index (χ0n) is 19.9. The number of hydrogen-bond acceptors (Lipinski definition) is 5. The molecule has 1 amide bonds. The first-order valence-corrected chi connectivity index (χ1v) is 11.8. The molecule has 1 saturated heterocycles. The van der Waals surface area contributed by atoms with Gasteiger partial charge in [0.05, 0.1) is 25.1 Å². The molecular formula is C25H30F3N5O2. The smallest absolute Gasteiger partial charge is 0.379 e. The summed E-state index contributed by atoms with van der Waals surface area (Å²) in [5.41, 5.74) is 1.82. The Balaban J connectivity index is 1.51. The second kappa shape index (κ2) is 10.7. The molecule has 35 heavy (non-hydrogen) atoms. The van der Waals surface area contributed by atoms with Crippen molar-refractivity contribution in [2.24, 2.45) is 5.92 Å². The SMILES string of the molecule is CC(C)CC(CNC(=O)c1cccc2ncc(CN3CCOCC3)n12)c1ccc(C(F)(F)F)nc1. The van der Waals surface area contributed by atoms with E-state index < -0.39 is 11.9 Å². The number of pyridine rings is 2. The standard InChI is InChI=1S/C25H30F3N5O2/c1-17(2)12-19(18-6-7-22(29-13-18)25(26,27)28)14-31-24(34)21-4-3-5-23-30-15-20(33(21)23)16-32-8-10-35-11-9-32/h3-7,13,15,17,19H,8-12,14,16H2,1-2H3,(H,31,34). The van der Waals surface area contributed by atoms with Crippen molar-refractivity contribution in [3.63, 3.8) is 0 Å². The van der Waals surface area contributed by atoms with Gasteiger partial charge in [-0.2, -0.15) is 13.2 Å². The van der Waals surface area contributed by atoms with Crippen molar-refractivity contribution in [3.8, 4) is 0 Å². The van der Waals surface area contributed by atoms with E-state index in [1.165, 1.54) is 12.3 Å². The molecule has 0 bridgehead atoms. The second-order valence-electron chi connectivity index (χ2n) is 9.25. The van der Waals surface area contributed by atoms with Crippen LogP contribution in [0.15, 0.2) is 42.7 Å². The van der Waals surface area contributed by atoms with Crippen molar-refractivity contribution in [3.05, 3.63) is 65.4 Å². The molecule has 188 valence electrons. The lowest BCUT2D eigenvalue weighted by molar-refractivity contribution is -0.141. The summed E-state index contributed by atoms with van der Waals surface area (Å²) in [6.07, 6.45) is -0.732. The number of imidazole rings is 1. The van der Waals surface area contributed by atoms with Gasteiger partial charge in [-0.05, 0) is 36.1 Å². The van der Waals surface area contributed by atoms with Crippen LogP contribution in [-0.2, 0) is 17.5 Å². The molecule has 3 aromatic heterocycles. The van der Waals surface area contributed by atoms with Crippen molar-refractivity contribution in [2.75, 3.05) is 32.8 Å². The molecule has 10 heteroatoms. The number of rotatable bonds is 8. The lowest BCUT2D eigenvalue weighted by Gasteiger charge is -2.26. The Morgan fingerprint density at radius 2 is 1.89 bits per heavy atom. The summed E-state index contributed by atoms with van der Waals surface area (Å²) in [5.74, 6) is -0.134. The van der Waals surface area contributed by atoms with Crippen LogP contribution in [-0.4, -0.2) is 58.0 Å². The molecule has 0 aliphatic carbocycles. The summed E-state index contributed by atoms with van der Waals surface area (Å²) in [5, 5.41) is 2.99. The van der Waals surface area contributed by atoms with Gasteiger partial charge in [-0.15, -0.1) is 0 Å². The van der Waals surface area contributed by atoms with Crippen molar-refractivity contribution >= 4 is 11.6 Å². The Labute approximate surface area is 202 Å². The minimum Gasteiger partial charge on any atom is -0.379 e. The molecule has 1 N–H and O–H groups in total. The molecule has 0 radical (unpaired) electrons. The molecule has 0 aromatic carbocycles. The number of aromatic nitrogens is 3. The predicted molar refractivity (Wildman–Crippen MR) is 125 cm³/mol. The Morgan fingerprint density at radius 1 is 1.11 bits per heavy atom. The van der Waals surface area contributed by atoms with E-state index in [-0.39, 0.29) is 24.3 Å². The van der Waals surface area contributed by atoms with E-state index >= 15 is 0 Å². The zero-order chi connectivity index (χ0) is 25.0. The Hall–Kier alpha value is -2.98. The number of morpholine rings is 1. The number of carbonyl (C=O) groups excluding carboxylic acids is 1. The first kappa shape index (κ1) is 25.1. The summed E-state index contributed by atoms with van der Waals surface area (Å²) in [7, 11) is 0. The molecule has 1 atom stereocenters. The average Bonchev–Trinajstić information content (AvgIpc) is 3.24. The maximum absolute atomic E-state index is 13.3. The number of alkyl halides is 3. The number of halogens is 3. The van der Waals surface area contributed by atoms with Gasteiger partial charge >= 0.3 is 6.18 Å². The molecular weight excluding hydrogens is 459 g/mol. The third-order valence-electron chi connectivity index (χ3n) is 6.14. The highest BCUT2D eigenvalue weighted by Crippen LogP contribution is 2.29. The molecule has 1 aliphatic heterocycles. The minimum absolute atomic E-state index is 0.163. The van der Waals surface area contributed by atoms with Gasteiger partial charge in [0.15, 0.2) is 0 Å². The van der Waals surface area contributed by atoms with E-state index in [1.807, 2.05) is 24.3 Å². The number of fused-ring (bicyclic) bond motifs is 1. The van der Waals surface area contributed by atoms with Gasteiger partial charge in [0, 0.05) is 38.3 Å². The lowest BCUT2D eigenvalue weighted by Crippen LogP contribution is -2.36. The van der Waals surface area contributed by atoms with E-state index in [1.54, 1.807) is 18.3 Å². The summed E-state index contributed by atoms with van der Waals surface area (Å²) in [6, 6.07) is 7.85. The van der Waals surface area contributed by atoms with Crippen molar-refractivity contribution in [2.45, 2.75) is 38.9 Å². The Kier molecular flexibility index (Phi) is 7.71. The number of ether oxygens (including phenoxy) is 1. The second-order valence-corrected chi connectivity index (χ2v) is 9.25. The number of amides is 1. The molecule has 4 heterocycles. The van der Waals surface area contributed by atoms with Crippen molar-refractivity contribution in [1.29, 1.82) is 0 Å². The highest BCUT2D eigenvalue weighted by Gasteiger charge is 2.32. The lowest BCUT2D eigenvalue weighted by atomic mass is 9.91. The van der Waals surface area contributed by atoms with Crippen LogP contribution >= 0.6 is 0 Å². The highest BCUT2D eigenvalue weighted by molar-refractivity contribution is 5.93. The van der Waals surface area contributed by atoms with E-state index in [9.17, 15) is 18.0 Å². The first-order chi connectivity index (χ1) is 16.7. The number of carbonyl (C=O) groups is 1. The van der Waals surface area contributed by atoms with Gasteiger partial charge in [-0.25, -0.2) is 4.98 Å². The van der Waals surface area contributed by atoms with E-state index in [4.69, 9.17) is 4.74 Å². The van der Waals surface area contributed by atoms with Crippen LogP contribution in [0.4, 0.5) is 13.2 Å². The van der Waals surface area contributed by atoms with E-state index in [0.717, 1.165) is 24.8 Å². The minimum atomic E-state index is -4.48. The molecule has 0 saturated carbocycles. The van der Waals surface area contributed by atoms with Gasteiger partial charge in [0.25, 0.3) is 5.91 Å². The van der Waals surface area contributed by atoms with Crippen LogP contribution in [0.2, 0.25) is 0 Å². The monoisotopic (exact) mass is 489 g/mol. The first-order valence-electron chi connectivity index (χ1n) is 11.8. The largest absolute Gasteiger partial charge is 0.433 e. The van der Waals surface area contributed by atoms with Crippen molar-refractivity contribution in [1.82, 2.24) is 24.6 Å². The van der Waals surface area contributed by atoms with Gasteiger partial charge < -0.3 is 10.1 Å². The fraction of sp³-hybridized carbons (Fsp3) is 0.480. The topological polar surface area (TPSA) is 71.8 Å². The molecule has 7 nitrogen and oxygen atoms in total.